The third-order valence-electron chi connectivity index (χ3n) is 4.93. The average Bonchev–Trinajstić information content (AvgIpc) is 2.75. The Labute approximate surface area is 190 Å². The smallest absolute Gasteiger partial charge is 0.321 e. The maximum atomic E-state index is 12.8. The van der Waals surface area contributed by atoms with E-state index in [0.717, 1.165) is 46.7 Å². The Morgan fingerprint density at radius 3 is 2.35 bits per heavy atom. The number of aliphatic carboxylic acids is 1. The molecule has 2 rings (SSSR count). The number of amides is 2. The maximum absolute atomic E-state index is 12.8. The average molecular weight is 443 g/mol. The first-order valence-electron chi connectivity index (χ1n) is 11.2. The van der Waals surface area contributed by atoms with Crippen LogP contribution >= 0.6 is 11.8 Å². The monoisotopic (exact) mass is 442 g/mol. The van der Waals surface area contributed by atoms with Gasteiger partial charge >= 0.3 is 12.0 Å². The number of carbonyl (C=O) groups is 2. The van der Waals surface area contributed by atoms with Crippen molar-refractivity contribution in [3.8, 4) is 0 Å². The Hall–Kier alpha value is -2.47. The molecule has 0 bridgehead atoms. The normalized spacial score (nSPS) is 10.6. The Bertz CT molecular complexity index is 824. The summed E-state index contributed by atoms with van der Waals surface area (Å²) in [7, 11) is 0. The van der Waals surface area contributed by atoms with Crippen molar-refractivity contribution in [1.82, 2.24) is 5.32 Å². The quantitative estimate of drug-likeness (QED) is 0.354. The molecule has 0 atom stereocenters. The highest BCUT2D eigenvalue weighted by molar-refractivity contribution is 7.99. The summed E-state index contributed by atoms with van der Waals surface area (Å²) in [6.45, 7) is 5.70. The molecule has 6 heteroatoms. The highest BCUT2D eigenvalue weighted by Gasteiger charge is 2.15. The number of benzene rings is 2. The van der Waals surface area contributed by atoms with E-state index >= 15 is 0 Å². The molecule has 0 aliphatic heterocycles. The molecule has 0 fully saturated rings. The number of urea groups is 1. The number of nitrogens with zero attached hydrogens (tertiary/aromatic N) is 1. The predicted octanol–water partition coefficient (Wildman–Crippen LogP) is 6.36. The fraction of sp³-hybridized carbons (Fsp3) is 0.440. The van der Waals surface area contributed by atoms with Gasteiger partial charge in [-0.2, -0.15) is 0 Å². The first kappa shape index (κ1) is 24.8. The van der Waals surface area contributed by atoms with Crippen molar-refractivity contribution in [2.45, 2.75) is 68.6 Å². The number of anilines is 1. The zero-order valence-electron chi connectivity index (χ0n) is 18.6. The van der Waals surface area contributed by atoms with Gasteiger partial charge in [0.15, 0.2) is 0 Å². The van der Waals surface area contributed by atoms with E-state index in [-0.39, 0.29) is 12.5 Å². The Morgan fingerprint density at radius 1 is 0.935 bits per heavy atom. The van der Waals surface area contributed by atoms with Crippen LogP contribution in [0, 0.1) is 0 Å². The molecule has 0 spiro atoms. The lowest BCUT2D eigenvalue weighted by Gasteiger charge is -2.23. The van der Waals surface area contributed by atoms with Crippen LogP contribution < -0.4 is 10.2 Å². The highest BCUT2D eigenvalue weighted by atomic mass is 32.2. The first-order chi connectivity index (χ1) is 15.0. The minimum Gasteiger partial charge on any atom is -0.481 e. The fourth-order valence-electron chi connectivity index (χ4n) is 3.21. The molecule has 2 amide bonds. The van der Waals surface area contributed by atoms with E-state index < -0.39 is 5.97 Å². The second kappa shape index (κ2) is 13.8. The number of carboxylic acid groups (broad SMARTS) is 1. The lowest BCUT2D eigenvalue weighted by Crippen LogP contribution is -2.41. The lowest BCUT2D eigenvalue weighted by atomic mass is 10.2. The van der Waals surface area contributed by atoms with Gasteiger partial charge in [0.1, 0.15) is 0 Å². The van der Waals surface area contributed by atoms with E-state index in [4.69, 9.17) is 5.11 Å². The summed E-state index contributed by atoms with van der Waals surface area (Å²) in [6.07, 6.45) is 6.54. The van der Waals surface area contributed by atoms with Gasteiger partial charge in [-0.3, -0.25) is 9.69 Å². The van der Waals surface area contributed by atoms with Gasteiger partial charge in [-0.05, 0) is 48.7 Å². The third-order valence-corrected chi connectivity index (χ3v) is 5.93. The summed E-state index contributed by atoms with van der Waals surface area (Å²) in [6, 6.07) is 15.6. The van der Waals surface area contributed by atoms with E-state index in [2.05, 4.69) is 19.2 Å². The minimum atomic E-state index is -0.830. The summed E-state index contributed by atoms with van der Waals surface area (Å²) >= 11 is 1.60. The molecule has 0 aliphatic rings. The number of rotatable bonds is 13. The summed E-state index contributed by atoms with van der Waals surface area (Å²) in [5.41, 5.74) is 1.68. The second-order valence-electron chi connectivity index (χ2n) is 7.61. The summed E-state index contributed by atoms with van der Waals surface area (Å²) in [4.78, 5) is 27.6. The number of unbranched alkanes of at least 4 members (excludes halogenated alkanes) is 4. The number of carboxylic acids is 1. The Balaban J connectivity index is 2.05. The Morgan fingerprint density at radius 2 is 1.68 bits per heavy atom. The van der Waals surface area contributed by atoms with Gasteiger partial charge in [0.25, 0.3) is 0 Å². The molecule has 2 aromatic carbocycles. The zero-order valence-corrected chi connectivity index (χ0v) is 19.4. The van der Waals surface area contributed by atoms with Gasteiger partial charge in [-0.1, -0.05) is 69.5 Å². The molecule has 0 aliphatic carbocycles. The van der Waals surface area contributed by atoms with Crippen molar-refractivity contribution < 1.29 is 14.7 Å². The van der Waals surface area contributed by atoms with E-state index in [1.165, 1.54) is 12.8 Å². The maximum Gasteiger partial charge on any atom is 0.321 e. The minimum absolute atomic E-state index is 0.0282. The molecule has 0 heterocycles. The van der Waals surface area contributed by atoms with Crippen LogP contribution in [-0.4, -0.2) is 30.2 Å². The van der Waals surface area contributed by atoms with Gasteiger partial charge in [0.05, 0.1) is 6.42 Å². The number of hydrogen-bond donors (Lipinski definition) is 2. The molecule has 0 aromatic heterocycles. The van der Waals surface area contributed by atoms with Crippen LogP contribution in [0.2, 0.25) is 0 Å². The molecule has 0 unspecified atom stereocenters. The van der Waals surface area contributed by atoms with Crippen LogP contribution in [0.25, 0.3) is 0 Å². The van der Waals surface area contributed by atoms with Crippen LogP contribution in [-0.2, 0) is 11.2 Å². The van der Waals surface area contributed by atoms with Gasteiger partial charge in [-0.25, -0.2) is 4.79 Å². The highest BCUT2D eigenvalue weighted by Crippen LogP contribution is 2.31. The van der Waals surface area contributed by atoms with Crippen LogP contribution in [0.3, 0.4) is 0 Å². The fourth-order valence-corrected chi connectivity index (χ4v) is 4.08. The van der Waals surface area contributed by atoms with E-state index in [0.29, 0.717) is 13.1 Å². The SMILES string of the molecule is CCCCCCNC(=O)N(CCCC)c1cccc(Sc2ccc(CC(=O)O)cc2)c1. The third kappa shape index (κ3) is 9.05. The van der Waals surface area contributed by atoms with Gasteiger partial charge in [-0.15, -0.1) is 0 Å². The van der Waals surface area contributed by atoms with Crippen LogP contribution in [0.15, 0.2) is 58.3 Å². The molecule has 2 aromatic rings. The lowest BCUT2D eigenvalue weighted by molar-refractivity contribution is -0.136. The summed E-state index contributed by atoms with van der Waals surface area (Å²) in [5, 5.41) is 12.0. The molecule has 5 nitrogen and oxygen atoms in total. The topological polar surface area (TPSA) is 69.6 Å². The van der Waals surface area contributed by atoms with Crippen molar-refractivity contribution in [1.29, 1.82) is 0 Å². The van der Waals surface area contributed by atoms with Crippen LogP contribution in [0.1, 0.15) is 57.9 Å². The molecule has 2 N–H and O–H groups in total. The molecular weight excluding hydrogens is 408 g/mol. The predicted molar refractivity (Wildman–Crippen MR) is 128 cm³/mol. The molecule has 0 radical (unpaired) electrons. The van der Waals surface area contributed by atoms with Crippen molar-refractivity contribution in [3.63, 3.8) is 0 Å². The van der Waals surface area contributed by atoms with E-state index in [1.807, 2.05) is 53.4 Å². The van der Waals surface area contributed by atoms with E-state index in [9.17, 15) is 9.59 Å². The van der Waals surface area contributed by atoms with Gasteiger partial charge in [0.2, 0.25) is 0 Å². The van der Waals surface area contributed by atoms with Crippen molar-refractivity contribution in [2.75, 3.05) is 18.0 Å². The number of nitrogens with one attached hydrogen (secondary N) is 1. The summed E-state index contributed by atoms with van der Waals surface area (Å²) < 4.78 is 0. The zero-order chi connectivity index (χ0) is 22.5. The molecular formula is C25H34N2O3S. The van der Waals surface area contributed by atoms with Crippen molar-refractivity contribution >= 4 is 29.4 Å². The number of carbonyl (C=O) groups excluding carboxylic acids is 1. The molecule has 0 saturated heterocycles. The number of hydrogen-bond acceptors (Lipinski definition) is 3. The van der Waals surface area contributed by atoms with E-state index in [1.54, 1.807) is 11.8 Å². The van der Waals surface area contributed by atoms with Gasteiger partial charge in [0, 0.05) is 28.6 Å². The molecule has 0 saturated carbocycles. The van der Waals surface area contributed by atoms with Crippen LogP contribution in [0.5, 0.6) is 0 Å². The largest absolute Gasteiger partial charge is 0.481 e. The molecule has 31 heavy (non-hydrogen) atoms. The van der Waals surface area contributed by atoms with Crippen molar-refractivity contribution in [2.24, 2.45) is 0 Å². The molecule has 168 valence electrons. The first-order valence-corrected chi connectivity index (χ1v) is 12.0. The summed E-state index contributed by atoms with van der Waals surface area (Å²) in [5.74, 6) is -0.830. The second-order valence-corrected chi connectivity index (χ2v) is 8.76. The van der Waals surface area contributed by atoms with Crippen LogP contribution in [0.4, 0.5) is 10.5 Å². The standard InChI is InChI=1S/C25H34N2O3S/c1-3-5-7-8-16-26-25(30)27(17-6-4-2)21-10-9-11-23(19-21)31-22-14-12-20(13-15-22)18-24(28)29/h9-15,19H,3-8,16-18H2,1-2H3,(H,26,30)(H,28,29). The Kier molecular flexibility index (Phi) is 11.0. The van der Waals surface area contributed by atoms with Crippen molar-refractivity contribution in [3.05, 3.63) is 54.1 Å². The van der Waals surface area contributed by atoms with Gasteiger partial charge < -0.3 is 10.4 Å².